The van der Waals surface area contributed by atoms with Crippen molar-refractivity contribution in [2.45, 2.75) is 11.8 Å². The molecule has 0 bridgehead atoms. The molecule has 0 saturated carbocycles. The van der Waals surface area contributed by atoms with Crippen LogP contribution >= 0.6 is 0 Å². The molecule has 11 heteroatoms. The van der Waals surface area contributed by atoms with Gasteiger partial charge in [-0.3, -0.25) is 0 Å². The topological polar surface area (TPSA) is 112 Å². The number of hydrogen-bond donors (Lipinski definition) is 0. The molecule has 0 aliphatic carbocycles. The van der Waals surface area contributed by atoms with Gasteiger partial charge in [-0.2, -0.15) is 0 Å². The molecule has 0 spiro atoms. The normalized spacial score (nSPS) is 17.5. The van der Waals surface area contributed by atoms with Crippen LogP contribution in [0.5, 0.6) is 0 Å². The van der Waals surface area contributed by atoms with Crippen molar-refractivity contribution in [2.24, 2.45) is 0 Å². The lowest BCUT2D eigenvalue weighted by Crippen LogP contribution is -2.41. The first kappa shape index (κ1) is 23.0. The Bertz CT molecular complexity index is 983. The average molecular weight is 455 g/mol. The van der Waals surface area contributed by atoms with Crippen LogP contribution in [0, 0.1) is 0 Å². The van der Waals surface area contributed by atoms with Gasteiger partial charge in [-0.1, -0.05) is 6.92 Å². The van der Waals surface area contributed by atoms with E-state index in [9.17, 15) is 18.0 Å². The molecule has 10 nitrogen and oxygen atoms in total. The number of morpholine rings is 1. The lowest BCUT2D eigenvalue weighted by atomic mass is 10.1. The van der Waals surface area contributed by atoms with E-state index in [1.54, 1.807) is 19.1 Å². The first-order valence-electron chi connectivity index (χ1n) is 9.78. The van der Waals surface area contributed by atoms with Gasteiger partial charge in [0.15, 0.2) is 9.84 Å². The number of benzene rings is 1. The maximum atomic E-state index is 12.7. The Balaban J connectivity index is 2.22. The van der Waals surface area contributed by atoms with Crippen LogP contribution in [0.25, 0.3) is 0 Å². The van der Waals surface area contributed by atoms with Gasteiger partial charge in [0, 0.05) is 13.1 Å². The highest BCUT2D eigenvalue weighted by atomic mass is 32.2. The summed E-state index contributed by atoms with van der Waals surface area (Å²) in [5.74, 6) is -1.55. The molecular weight excluding hydrogens is 428 g/mol. The fourth-order valence-electron chi connectivity index (χ4n) is 3.48. The fourth-order valence-corrected chi connectivity index (χ4v) is 4.38. The molecular formula is C20H26N2O8S. The molecule has 2 aliphatic rings. The molecule has 1 aromatic rings. The van der Waals surface area contributed by atoms with Gasteiger partial charge in [0.05, 0.1) is 61.6 Å². The highest BCUT2D eigenvalue weighted by molar-refractivity contribution is 7.91. The van der Waals surface area contributed by atoms with Crippen molar-refractivity contribution >= 4 is 33.2 Å². The van der Waals surface area contributed by atoms with Crippen molar-refractivity contribution in [1.82, 2.24) is 0 Å². The predicted molar refractivity (Wildman–Crippen MR) is 112 cm³/mol. The van der Waals surface area contributed by atoms with Crippen molar-refractivity contribution in [3.05, 3.63) is 29.5 Å². The molecule has 0 radical (unpaired) electrons. The van der Waals surface area contributed by atoms with Crippen molar-refractivity contribution in [3.8, 4) is 0 Å². The van der Waals surface area contributed by atoms with E-state index < -0.39 is 21.8 Å². The molecule has 1 aromatic carbocycles. The minimum Gasteiger partial charge on any atom is -0.466 e. The Morgan fingerprint density at radius 2 is 1.71 bits per heavy atom. The molecule has 0 unspecified atom stereocenters. The van der Waals surface area contributed by atoms with Crippen LogP contribution in [0.4, 0.5) is 11.4 Å². The molecule has 2 heterocycles. The van der Waals surface area contributed by atoms with Crippen LogP contribution in [-0.4, -0.2) is 80.0 Å². The SMILES string of the molecule is CCS(=O)(=O)c1ccc(N2CCOCC2)c(N2COCC(C(=O)OC)=C2C(=O)OC)c1. The summed E-state index contributed by atoms with van der Waals surface area (Å²) < 4.78 is 45.8. The summed E-state index contributed by atoms with van der Waals surface area (Å²) in [6, 6.07) is 4.74. The van der Waals surface area contributed by atoms with E-state index in [1.165, 1.54) is 25.2 Å². The number of esters is 2. The van der Waals surface area contributed by atoms with Gasteiger partial charge in [-0.15, -0.1) is 0 Å². The van der Waals surface area contributed by atoms with E-state index in [2.05, 4.69) is 0 Å². The number of anilines is 2. The van der Waals surface area contributed by atoms with E-state index in [-0.39, 0.29) is 35.3 Å². The van der Waals surface area contributed by atoms with Crippen LogP contribution in [0.1, 0.15) is 6.92 Å². The zero-order valence-corrected chi connectivity index (χ0v) is 18.6. The van der Waals surface area contributed by atoms with Crippen LogP contribution in [-0.2, 0) is 38.4 Å². The minimum atomic E-state index is -3.52. The first-order valence-corrected chi connectivity index (χ1v) is 11.4. The zero-order chi connectivity index (χ0) is 22.6. The molecule has 0 atom stereocenters. The Hall–Kier alpha value is -2.63. The van der Waals surface area contributed by atoms with Gasteiger partial charge in [0.25, 0.3) is 0 Å². The lowest BCUT2D eigenvalue weighted by Gasteiger charge is -2.36. The summed E-state index contributed by atoms with van der Waals surface area (Å²) in [4.78, 5) is 28.6. The van der Waals surface area contributed by atoms with Crippen LogP contribution < -0.4 is 9.80 Å². The molecule has 2 aliphatic heterocycles. The van der Waals surface area contributed by atoms with E-state index >= 15 is 0 Å². The third-order valence-electron chi connectivity index (χ3n) is 5.16. The van der Waals surface area contributed by atoms with Gasteiger partial charge in [0.1, 0.15) is 12.4 Å². The zero-order valence-electron chi connectivity index (χ0n) is 17.8. The number of carbonyl (C=O) groups is 2. The quantitative estimate of drug-likeness (QED) is 0.570. The Morgan fingerprint density at radius 3 is 2.32 bits per heavy atom. The second-order valence-electron chi connectivity index (χ2n) is 6.87. The van der Waals surface area contributed by atoms with E-state index in [1.807, 2.05) is 4.90 Å². The van der Waals surface area contributed by atoms with E-state index in [0.29, 0.717) is 37.7 Å². The number of hydrogen-bond acceptors (Lipinski definition) is 10. The number of methoxy groups -OCH3 is 2. The predicted octanol–water partition coefficient (Wildman–Crippen LogP) is 0.711. The molecule has 170 valence electrons. The molecule has 31 heavy (non-hydrogen) atoms. The molecule has 1 fully saturated rings. The van der Waals surface area contributed by atoms with Crippen molar-refractivity contribution in [2.75, 3.05) is 69.4 Å². The monoisotopic (exact) mass is 454 g/mol. The van der Waals surface area contributed by atoms with Crippen LogP contribution in [0.2, 0.25) is 0 Å². The number of sulfone groups is 1. The van der Waals surface area contributed by atoms with Gasteiger partial charge in [-0.25, -0.2) is 18.0 Å². The first-order chi connectivity index (χ1) is 14.8. The summed E-state index contributed by atoms with van der Waals surface area (Å²) in [6.45, 7) is 3.55. The van der Waals surface area contributed by atoms with E-state index in [4.69, 9.17) is 18.9 Å². The van der Waals surface area contributed by atoms with Gasteiger partial charge in [0.2, 0.25) is 0 Å². The Morgan fingerprint density at radius 1 is 1.03 bits per heavy atom. The van der Waals surface area contributed by atoms with Gasteiger partial charge in [-0.05, 0) is 18.2 Å². The fraction of sp³-hybridized carbons (Fsp3) is 0.500. The van der Waals surface area contributed by atoms with Crippen LogP contribution in [0.3, 0.4) is 0 Å². The Labute approximate surface area is 181 Å². The highest BCUT2D eigenvalue weighted by Crippen LogP contribution is 2.37. The average Bonchev–Trinajstić information content (AvgIpc) is 2.82. The summed E-state index contributed by atoms with van der Waals surface area (Å²) in [5.41, 5.74) is 1.06. The van der Waals surface area contributed by atoms with E-state index in [0.717, 1.165) is 0 Å². The highest BCUT2D eigenvalue weighted by Gasteiger charge is 2.34. The molecule has 3 rings (SSSR count). The number of carbonyl (C=O) groups excluding carboxylic acids is 2. The lowest BCUT2D eigenvalue weighted by molar-refractivity contribution is -0.140. The summed E-state index contributed by atoms with van der Waals surface area (Å²) >= 11 is 0. The van der Waals surface area contributed by atoms with Gasteiger partial charge >= 0.3 is 11.9 Å². The largest absolute Gasteiger partial charge is 0.466 e. The maximum absolute atomic E-state index is 12.7. The number of nitrogens with zero attached hydrogens (tertiary/aromatic N) is 2. The molecule has 0 aromatic heterocycles. The molecule has 0 N–H and O–H groups in total. The summed E-state index contributed by atoms with van der Waals surface area (Å²) in [5, 5.41) is 0. The Kier molecular flexibility index (Phi) is 7.19. The third-order valence-corrected chi connectivity index (χ3v) is 6.89. The number of rotatable bonds is 6. The smallest absolute Gasteiger partial charge is 0.355 e. The molecule has 1 saturated heterocycles. The summed E-state index contributed by atoms with van der Waals surface area (Å²) in [6.07, 6.45) is 0. The maximum Gasteiger partial charge on any atom is 0.355 e. The third kappa shape index (κ3) is 4.68. The van der Waals surface area contributed by atoms with Crippen molar-refractivity contribution in [1.29, 1.82) is 0 Å². The molecule has 0 amide bonds. The van der Waals surface area contributed by atoms with Crippen LogP contribution in [0.15, 0.2) is 34.4 Å². The second-order valence-corrected chi connectivity index (χ2v) is 9.15. The minimum absolute atomic E-state index is 0.00252. The van der Waals surface area contributed by atoms with Gasteiger partial charge < -0.3 is 28.7 Å². The second kappa shape index (κ2) is 9.67. The summed E-state index contributed by atoms with van der Waals surface area (Å²) in [7, 11) is -1.11. The number of ether oxygens (including phenoxy) is 4. The van der Waals surface area contributed by atoms with Crippen molar-refractivity contribution < 1.29 is 37.0 Å². The standard InChI is InChI=1S/C20H26N2O8S/c1-4-31(25,26)14-5-6-16(21-7-9-29-10-8-21)17(11-14)22-13-30-12-15(19(23)27-2)18(22)20(24)28-3/h5-6,11H,4,7-10,12-13H2,1-3H3. The van der Waals surface area contributed by atoms with Crippen molar-refractivity contribution in [3.63, 3.8) is 0 Å².